The van der Waals surface area contributed by atoms with Crippen molar-refractivity contribution in [2.75, 3.05) is 16.4 Å². The van der Waals surface area contributed by atoms with Crippen LogP contribution in [0.2, 0.25) is 0 Å². The van der Waals surface area contributed by atoms with Crippen molar-refractivity contribution in [3.63, 3.8) is 0 Å². The van der Waals surface area contributed by atoms with E-state index in [-0.39, 0.29) is 17.2 Å². The van der Waals surface area contributed by atoms with Crippen LogP contribution in [-0.2, 0) is 9.59 Å². The lowest BCUT2D eigenvalue weighted by Crippen LogP contribution is -2.19. The SMILES string of the molecule is Cc1ccc(NC(=O)CSc2cccc(NC(=O)CC(C)(C)C)c2)cc1C. The second-order valence-corrected chi connectivity index (χ2v) is 9.00. The molecule has 0 saturated heterocycles. The first-order valence-corrected chi connectivity index (χ1v) is 10.0. The molecule has 0 aliphatic carbocycles. The van der Waals surface area contributed by atoms with Crippen LogP contribution in [0, 0.1) is 19.3 Å². The zero-order valence-electron chi connectivity index (χ0n) is 16.7. The van der Waals surface area contributed by atoms with Gasteiger partial charge in [0.1, 0.15) is 0 Å². The molecule has 0 atom stereocenters. The van der Waals surface area contributed by atoms with E-state index in [2.05, 4.69) is 10.6 Å². The Hall–Kier alpha value is -2.27. The average Bonchev–Trinajstić information content (AvgIpc) is 2.55. The highest BCUT2D eigenvalue weighted by molar-refractivity contribution is 8.00. The van der Waals surface area contributed by atoms with E-state index < -0.39 is 0 Å². The fourth-order valence-electron chi connectivity index (χ4n) is 2.52. The Labute approximate surface area is 166 Å². The number of aryl methyl sites for hydroxylation is 2. The summed E-state index contributed by atoms with van der Waals surface area (Å²) in [5.74, 6) is 0.259. The van der Waals surface area contributed by atoms with Gasteiger partial charge in [-0.15, -0.1) is 11.8 Å². The van der Waals surface area contributed by atoms with E-state index in [4.69, 9.17) is 0 Å². The monoisotopic (exact) mass is 384 g/mol. The molecular weight excluding hydrogens is 356 g/mol. The van der Waals surface area contributed by atoms with Gasteiger partial charge in [0.15, 0.2) is 0 Å². The number of hydrogen-bond donors (Lipinski definition) is 2. The van der Waals surface area contributed by atoms with Crippen molar-refractivity contribution in [2.45, 2.75) is 45.9 Å². The number of benzene rings is 2. The predicted molar refractivity (Wildman–Crippen MR) is 114 cm³/mol. The van der Waals surface area contributed by atoms with Crippen molar-refractivity contribution in [3.8, 4) is 0 Å². The van der Waals surface area contributed by atoms with E-state index in [9.17, 15) is 9.59 Å². The first-order chi connectivity index (χ1) is 12.6. The third-order valence-electron chi connectivity index (χ3n) is 3.97. The lowest BCUT2D eigenvalue weighted by molar-refractivity contribution is -0.118. The average molecular weight is 385 g/mol. The lowest BCUT2D eigenvalue weighted by Gasteiger charge is -2.17. The minimum absolute atomic E-state index is 0.00265. The van der Waals surface area contributed by atoms with Crippen LogP contribution >= 0.6 is 11.8 Å². The molecule has 0 aliphatic rings. The maximum Gasteiger partial charge on any atom is 0.234 e. The van der Waals surface area contributed by atoms with Gasteiger partial charge in [0.2, 0.25) is 11.8 Å². The second-order valence-electron chi connectivity index (χ2n) is 7.95. The highest BCUT2D eigenvalue weighted by Gasteiger charge is 2.16. The Morgan fingerprint density at radius 2 is 1.56 bits per heavy atom. The quantitative estimate of drug-likeness (QED) is 0.655. The summed E-state index contributed by atoms with van der Waals surface area (Å²) in [7, 11) is 0. The normalized spacial score (nSPS) is 11.1. The van der Waals surface area contributed by atoms with Gasteiger partial charge in [0.25, 0.3) is 0 Å². The largest absolute Gasteiger partial charge is 0.326 e. The molecule has 5 heteroatoms. The number of rotatable bonds is 6. The number of nitrogens with one attached hydrogen (secondary N) is 2. The number of carbonyl (C=O) groups excluding carboxylic acids is 2. The van der Waals surface area contributed by atoms with Gasteiger partial charge in [0.05, 0.1) is 5.75 Å². The Balaban J connectivity index is 1.89. The molecule has 2 rings (SSSR count). The standard InChI is InChI=1S/C22H28N2O2S/c1-15-9-10-18(11-16(15)2)24-21(26)14-27-19-8-6-7-17(12-19)23-20(25)13-22(3,4)5/h6-12H,13-14H2,1-5H3,(H,23,25)(H,24,26). The third kappa shape index (κ3) is 7.47. The number of anilines is 2. The summed E-state index contributed by atoms with van der Waals surface area (Å²) < 4.78 is 0. The smallest absolute Gasteiger partial charge is 0.234 e. The van der Waals surface area contributed by atoms with Crippen LogP contribution in [0.5, 0.6) is 0 Å². The molecule has 4 nitrogen and oxygen atoms in total. The van der Waals surface area contributed by atoms with E-state index in [0.717, 1.165) is 21.8 Å². The zero-order valence-corrected chi connectivity index (χ0v) is 17.5. The van der Waals surface area contributed by atoms with E-state index in [1.54, 1.807) is 0 Å². The third-order valence-corrected chi connectivity index (χ3v) is 4.96. The maximum atomic E-state index is 12.2. The molecule has 2 N–H and O–H groups in total. The van der Waals surface area contributed by atoms with Gasteiger partial charge >= 0.3 is 0 Å². The molecule has 2 aromatic rings. The molecule has 0 spiro atoms. The molecule has 0 heterocycles. The molecule has 0 saturated carbocycles. The summed E-state index contributed by atoms with van der Waals surface area (Å²) >= 11 is 1.45. The summed E-state index contributed by atoms with van der Waals surface area (Å²) in [5.41, 5.74) is 3.87. The highest BCUT2D eigenvalue weighted by Crippen LogP contribution is 2.24. The molecule has 0 unspecified atom stereocenters. The van der Waals surface area contributed by atoms with Crippen LogP contribution in [0.1, 0.15) is 38.3 Å². The summed E-state index contributed by atoms with van der Waals surface area (Å²) in [6.07, 6.45) is 0.461. The van der Waals surface area contributed by atoms with Gasteiger partial charge < -0.3 is 10.6 Å². The number of carbonyl (C=O) groups is 2. The predicted octanol–water partition coefficient (Wildman–Crippen LogP) is 5.41. The molecule has 0 aliphatic heterocycles. The molecule has 0 bridgehead atoms. The van der Waals surface area contributed by atoms with Crippen molar-refractivity contribution < 1.29 is 9.59 Å². The van der Waals surface area contributed by atoms with E-state index >= 15 is 0 Å². The topological polar surface area (TPSA) is 58.2 Å². The van der Waals surface area contributed by atoms with Gasteiger partial charge in [-0.3, -0.25) is 9.59 Å². The number of amides is 2. The fourth-order valence-corrected chi connectivity index (χ4v) is 3.27. The first kappa shape index (κ1) is 21.0. The van der Waals surface area contributed by atoms with Gasteiger partial charge in [-0.2, -0.15) is 0 Å². The molecule has 2 amide bonds. The Bertz CT molecular complexity index is 825. The van der Waals surface area contributed by atoms with Crippen molar-refractivity contribution >= 4 is 35.0 Å². The summed E-state index contributed by atoms with van der Waals surface area (Å²) in [5, 5.41) is 5.85. The van der Waals surface area contributed by atoms with E-state index in [1.165, 1.54) is 17.3 Å². The Morgan fingerprint density at radius 3 is 2.22 bits per heavy atom. The van der Waals surface area contributed by atoms with Crippen LogP contribution in [0.3, 0.4) is 0 Å². The van der Waals surface area contributed by atoms with Crippen LogP contribution in [0.25, 0.3) is 0 Å². The number of thioether (sulfide) groups is 1. The van der Waals surface area contributed by atoms with E-state index in [0.29, 0.717) is 12.2 Å². The molecule has 0 aromatic heterocycles. The molecule has 0 radical (unpaired) electrons. The van der Waals surface area contributed by atoms with Crippen molar-refractivity contribution in [1.82, 2.24) is 0 Å². The molecule has 0 fully saturated rings. The lowest BCUT2D eigenvalue weighted by atomic mass is 9.92. The summed E-state index contributed by atoms with van der Waals surface area (Å²) in [6.45, 7) is 10.2. The first-order valence-electron chi connectivity index (χ1n) is 9.02. The van der Waals surface area contributed by atoms with Crippen molar-refractivity contribution in [3.05, 3.63) is 53.6 Å². The maximum absolute atomic E-state index is 12.2. The summed E-state index contributed by atoms with van der Waals surface area (Å²) in [6, 6.07) is 13.5. The van der Waals surface area contributed by atoms with Crippen LogP contribution < -0.4 is 10.6 Å². The van der Waals surface area contributed by atoms with Gasteiger partial charge in [-0.05, 0) is 60.7 Å². The van der Waals surface area contributed by atoms with Gasteiger partial charge in [-0.1, -0.05) is 32.9 Å². The molecule has 27 heavy (non-hydrogen) atoms. The minimum Gasteiger partial charge on any atom is -0.326 e. The van der Waals surface area contributed by atoms with E-state index in [1.807, 2.05) is 77.1 Å². The van der Waals surface area contributed by atoms with Crippen molar-refractivity contribution in [1.29, 1.82) is 0 Å². The highest BCUT2D eigenvalue weighted by atomic mass is 32.2. The Morgan fingerprint density at radius 1 is 0.889 bits per heavy atom. The van der Waals surface area contributed by atoms with Gasteiger partial charge in [0, 0.05) is 22.7 Å². The number of hydrogen-bond acceptors (Lipinski definition) is 3. The van der Waals surface area contributed by atoms with Crippen LogP contribution in [0.4, 0.5) is 11.4 Å². The minimum atomic E-state index is -0.0527. The van der Waals surface area contributed by atoms with Crippen LogP contribution in [-0.4, -0.2) is 17.6 Å². The van der Waals surface area contributed by atoms with Crippen molar-refractivity contribution in [2.24, 2.45) is 5.41 Å². The second kappa shape index (κ2) is 9.09. The zero-order chi connectivity index (χ0) is 20.0. The Kier molecular flexibility index (Phi) is 7.08. The fraction of sp³-hybridized carbons (Fsp3) is 0.364. The summed E-state index contributed by atoms with van der Waals surface area (Å²) in [4.78, 5) is 25.2. The molecule has 144 valence electrons. The molecule has 2 aromatic carbocycles. The van der Waals surface area contributed by atoms with Crippen LogP contribution in [0.15, 0.2) is 47.4 Å². The van der Waals surface area contributed by atoms with Gasteiger partial charge in [-0.25, -0.2) is 0 Å². The molecular formula is C22H28N2O2S.